The lowest BCUT2D eigenvalue weighted by molar-refractivity contribution is -0.140. The third-order valence-electron chi connectivity index (χ3n) is 2.73. The second-order valence-electron chi connectivity index (χ2n) is 4.17. The Morgan fingerprint density at radius 1 is 1.14 bits per heavy atom. The van der Waals surface area contributed by atoms with Gasteiger partial charge in [0.25, 0.3) is 0 Å². The summed E-state index contributed by atoms with van der Waals surface area (Å²) in [4.78, 5) is 11.6. The van der Waals surface area contributed by atoms with E-state index >= 15 is 0 Å². The quantitative estimate of drug-likeness (QED) is 0.439. The lowest BCUT2D eigenvalue weighted by Crippen LogP contribution is -2.09. The smallest absolute Gasteiger partial charge is 0.331 e. The molecule has 0 aromatic heterocycles. The van der Waals surface area contributed by atoms with E-state index in [9.17, 15) is 4.79 Å². The van der Waals surface area contributed by atoms with E-state index in [0.717, 1.165) is 5.56 Å². The lowest BCUT2D eigenvalue weighted by atomic mass is 10.1. The third kappa shape index (κ3) is 4.56. The Morgan fingerprint density at radius 2 is 1.71 bits per heavy atom. The highest BCUT2D eigenvalue weighted by molar-refractivity contribution is 5.87. The second-order valence-corrected chi connectivity index (χ2v) is 4.17. The summed E-state index contributed by atoms with van der Waals surface area (Å²) in [6, 6.07) is 3.48. The van der Waals surface area contributed by atoms with E-state index in [-0.39, 0.29) is 6.10 Å². The fourth-order valence-corrected chi connectivity index (χ4v) is 1.63. The SMILES string of the molecule is C=CC(C)OC(=O)C=Cc1cc(OC)c(OC)c(OC)c1. The molecule has 1 rings (SSSR count). The summed E-state index contributed by atoms with van der Waals surface area (Å²) in [5.41, 5.74) is 0.729. The molecule has 0 N–H and O–H groups in total. The first-order chi connectivity index (χ1) is 10.0. The zero-order valence-corrected chi connectivity index (χ0v) is 12.7. The number of ether oxygens (including phenoxy) is 4. The summed E-state index contributed by atoms with van der Waals surface area (Å²) in [7, 11) is 4.60. The monoisotopic (exact) mass is 292 g/mol. The number of carbonyl (C=O) groups excluding carboxylic acids is 1. The molecule has 1 aromatic carbocycles. The van der Waals surface area contributed by atoms with Gasteiger partial charge in [-0.25, -0.2) is 4.79 Å². The van der Waals surface area contributed by atoms with Crippen molar-refractivity contribution in [2.24, 2.45) is 0 Å². The van der Waals surface area contributed by atoms with Crippen LogP contribution in [0, 0.1) is 0 Å². The van der Waals surface area contributed by atoms with Crippen LogP contribution in [0.15, 0.2) is 30.9 Å². The van der Waals surface area contributed by atoms with E-state index in [4.69, 9.17) is 18.9 Å². The van der Waals surface area contributed by atoms with Crippen LogP contribution in [0.2, 0.25) is 0 Å². The maximum absolute atomic E-state index is 11.6. The second kappa shape index (κ2) is 7.99. The summed E-state index contributed by atoms with van der Waals surface area (Å²) in [5.74, 6) is 1.09. The Hall–Kier alpha value is -2.43. The Bertz CT molecular complexity index is 508. The van der Waals surface area contributed by atoms with Crippen LogP contribution in [0.25, 0.3) is 6.08 Å². The molecule has 5 heteroatoms. The van der Waals surface area contributed by atoms with Gasteiger partial charge in [0.15, 0.2) is 11.5 Å². The zero-order chi connectivity index (χ0) is 15.8. The highest BCUT2D eigenvalue weighted by Gasteiger charge is 2.12. The van der Waals surface area contributed by atoms with Crippen LogP contribution in [-0.4, -0.2) is 33.4 Å². The van der Waals surface area contributed by atoms with Crippen LogP contribution in [0.4, 0.5) is 0 Å². The number of benzene rings is 1. The Kier molecular flexibility index (Phi) is 6.33. The first-order valence-corrected chi connectivity index (χ1v) is 6.37. The van der Waals surface area contributed by atoms with Crippen molar-refractivity contribution < 1.29 is 23.7 Å². The van der Waals surface area contributed by atoms with Gasteiger partial charge in [-0.2, -0.15) is 0 Å². The van der Waals surface area contributed by atoms with Crippen molar-refractivity contribution in [3.8, 4) is 17.2 Å². The summed E-state index contributed by atoms with van der Waals surface area (Å²) < 4.78 is 20.8. The highest BCUT2D eigenvalue weighted by atomic mass is 16.5. The van der Waals surface area contributed by atoms with Gasteiger partial charge in [0, 0.05) is 6.08 Å². The van der Waals surface area contributed by atoms with Crippen LogP contribution in [0.5, 0.6) is 17.2 Å². The van der Waals surface area contributed by atoms with Gasteiger partial charge in [0.1, 0.15) is 6.10 Å². The molecular weight excluding hydrogens is 272 g/mol. The molecule has 0 saturated heterocycles. The van der Waals surface area contributed by atoms with Crippen LogP contribution in [0.1, 0.15) is 12.5 Å². The summed E-state index contributed by atoms with van der Waals surface area (Å²) in [6.45, 7) is 5.28. The minimum Gasteiger partial charge on any atom is -0.493 e. The van der Waals surface area contributed by atoms with Crippen molar-refractivity contribution in [2.75, 3.05) is 21.3 Å². The van der Waals surface area contributed by atoms with Crippen molar-refractivity contribution in [3.05, 3.63) is 36.4 Å². The molecular formula is C16H20O5. The van der Waals surface area contributed by atoms with E-state index in [2.05, 4.69) is 6.58 Å². The average Bonchev–Trinajstić information content (AvgIpc) is 2.51. The van der Waals surface area contributed by atoms with Crippen LogP contribution in [0.3, 0.4) is 0 Å². The largest absolute Gasteiger partial charge is 0.493 e. The molecule has 0 aliphatic carbocycles. The van der Waals surface area contributed by atoms with Gasteiger partial charge in [-0.15, -0.1) is 0 Å². The molecule has 1 aromatic rings. The zero-order valence-electron chi connectivity index (χ0n) is 12.7. The molecule has 0 fully saturated rings. The van der Waals surface area contributed by atoms with Gasteiger partial charge in [0.05, 0.1) is 21.3 Å². The fourth-order valence-electron chi connectivity index (χ4n) is 1.63. The minimum atomic E-state index is -0.448. The van der Waals surface area contributed by atoms with E-state index in [0.29, 0.717) is 17.2 Å². The van der Waals surface area contributed by atoms with Crippen LogP contribution in [-0.2, 0) is 9.53 Å². The molecule has 5 nitrogen and oxygen atoms in total. The van der Waals surface area contributed by atoms with Crippen molar-refractivity contribution >= 4 is 12.0 Å². The van der Waals surface area contributed by atoms with Crippen molar-refractivity contribution in [2.45, 2.75) is 13.0 Å². The molecule has 1 atom stereocenters. The van der Waals surface area contributed by atoms with E-state index in [1.807, 2.05) is 0 Å². The number of hydrogen-bond donors (Lipinski definition) is 0. The van der Waals surface area contributed by atoms with Gasteiger partial charge >= 0.3 is 5.97 Å². The summed E-state index contributed by atoms with van der Waals surface area (Å²) in [6.07, 6.45) is 4.16. The molecule has 0 heterocycles. The van der Waals surface area contributed by atoms with E-state index < -0.39 is 5.97 Å². The number of methoxy groups -OCH3 is 3. The van der Waals surface area contributed by atoms with Gasteiger partial charge in [-0.05, 0) is 30.7 Å². The molecule has 0 aliphatic heterocycles. The first kappa shape index (κ1) is 16.6. The predicted octanol–water partition coefficient (Wildman–Crippen LogP) is 2.84. The normalized spacial score (nSPS) is 11.8. The fraction of sp³-hybridized carbons (Fsp3) is 0.312. The Labute approximate surface area is 124 Å². The first-order valence-electron chi connectivity index (χ1n) is 6.37. The third-order valence-corrected chi connectivity index (χ3v) is 2.73. The van der Waals surface area contributed by atoms with Gasteiger partial charge in [0.2, 0.25) is 5.75 Å². The molecule has 0 spiro atoms. The molecule has 114 valence electrons. The van der Waals surface area contributed by atoms with Crippen molar-refractivity contribution in [1.29, 1.82) is 0 Å². The predicted molar refractivity (Wildman–Crippen MR) is 80.9 cm³/mol. The molecule has 21 heavy (non-hydrogen) atoms. The number of hydrogen-bond acceptors (Lipinski definition) is 5. The average molecular weight is 292 g/mol. The van der Waals surface area contributed by atoms with Crippen LogP contribution >= 0.6 is 0 Å². The molecule has 1 unspecified atom stereocenters. The summed E-state index contributed by atoms with van der Waals surface area (Å²) in [5, 5.41) is 0. The van der Waals surface area contributed by atoms with Crippen LogP contribution < -0.4 is 14.2 Å². The number of rotatable bonds is 7. The van der Waals surface area contributed by atoms with Crippen molar-refractivity contribution in [3.63, 3.8) is 0 Å². The molecule has 0 saturated carbocycles. The van der Waals surface area contributed by atoms with Gasteiger partial charge in [-0.1, -0.05) is 12.7 Å². The minimum absolute atomic E-state index is 0.331. The van der Waals surface area contributed by atoms with Crippen molar-refractivity contribution in [1.82, 2.24) is 0 Å². The van der Waals surface area contributed by atoms with Gasteiger partial charge < -0.3 is 18.9 Å². The topological polar surface area (TPSA) is 54.0 Å². The maximum atomic E-state index is 11.6. The van der Waals surface area contributed by atoms with E-state index in [1.165, 1.54) is 27.4 Å². The van der Waals surface area contributed by atoms with E-state index in [1.54, 1.807) is 31.2 Å². The Balaban J connectivity index is 2.98. The summed E-state index contributed by atoms with van der Waals surface area (Å²) >= 11 is 0. The molecule has 0 bridgehead atoms. The molecule has 0 amide bonds. The molecule has 0 radical (unpaired) electrons. The maximum Gasteiger partial charge on any atom is 0.331 e. The lowest BCUT2D eigenvalue weighted by Gasteiger charge is -2.12. The number of esters is 1. The standard InChI is InChI=1S/C16H20O5/c1-6-11(2)21-15(17)8-7-12-9-13(18-3)16(20-5)14(10-12)19-4/h6-11H,1H2,2-5H3. The van der Waals surface area contributed by atoms with Gasteiger partial charge in [-0.3, -0.25) is 0 Å². The highest BCUT2D eigenvalue weighted by Crippen LogP contribution is 2.38. The molecule has 0 aliphatic rings. The number of carbonyl (C=O) groups is 1. The Morgan fingerprint density at radius 3 is 2.14 bits per heavy atom.